The topological polar surface area (TPSA) is 57.2 Å². The van der Waals surface area contributed by atoms with Crippen LogP contribution in [0, 0.1) is 13.8 Å². The van der Waals surface area contributed by atoms with E-state index in [9.17, 15) is 13.0 Å². The fraction of sp³-hybridized carbons (Fsp3) is 0.0769. The Kier molecular flexibility index (Phi) is 7.69. The van der Waals surface area contributed by atoms with Gasteiger partial charge in [0.05, 0.1) is 15.8 Å². The zero-order valence-corrected chi connectivity index (χ0v) is 19.1. The van der Waals surface area contributed by atoms with Crippen molar-refractivity contribution in [2.75, 3.05) is 0 Å². The van der Waals surface area contributed by atoms with E-state index in [2.05, 4.69) is 91.9 Å². The molecule has 0 amide bonds. The van der Waals surface area contributed by atoms with Gasteiger partial charge in [0, 0.05) is 0 Å². The van der Waals surface area contributed by atoms with E-state index in [1.807, 2.05) is 6.92 Å². The lowest BCUT2D eigenvalue weighted by atomic mass is 10.2. The summed E-state index contributed by atoms with van der Waals surface area (Å²) in [5.41, 5.74) is 2.23. The van der Waals surface area contributed by atoms with E-state index in [0.29, 0.717) is 0 Å². The molecule has 4 aromatic carbocycles. The molecule has 158 valence electrons. The average molecular weight is 449 g/mol. The first-order valence-corrected chi connectivity index (χ1v) is 12.4. The van der Waals surface area contributed by atoms with E-state index in [-0.39, 0.29) is 15.8 Å². The van der Waals surface area contributed by atoms with Gasteiger partial charge in [-0.2, -0.15) is 0 Å². The molecular formula is C26H24O3S2. The average Bonchev–Trinajstić information content (AvgIpc) is 2.77. The van der Waals surface area contributed by atoms with E-state index in [1.54, 1.807) is 12.1 Å². The van der Waals surface area contributed by atoms with Crippen LogP contribution in [0.1, 0.15) is 11.1 Å². The van der Waals surface area contributed by atoms with Gasteiger partial charge >= 0.3 is 0 Å². The van der Waals surface area contributed by atoms with Crippen molar-refractivity contribution < 1.29 is 13.0 Å². The number of aryl methyl sites for hydroxylation is 2. The van der Waals surface area contributed by atoms with Crippen LogP contribution in [-0.2, 0) is 21.0 Å². The Morgan fingerprint density at radius 3 is 1.29 bits per heavy atom. The van der Waals surface area contributed by atoms with E-state index >= 15 is 0 Å². The standard InChI is InChI=1S/C19H17S.C7H8O3S/c1-16-12-14-19(15-13-16)20(17-8-4-2-5-9-17)18-10-6-3-7-11-18;1-6-2-4-7(5-3-6)11(8,9)10/h2-15H,1H3;2-5H,1H3,(H,8,9,10)/q+1;/p-1. The van der Waals surface area contributed by atoms with Gasteiger partial charge in [-0.1, -0.05) is 71.8 Å². The van der Waals surface area contributed by atoms with Gasteiger partial charge in [0.2, 0.25) is 0 Å². The molecule has 4 rings (SSSR count). The van der Waals surface area contributed by atoms with Crippen LogP contribution in [0.3, 0.4) is 0 Å². The van der Waals surface area contributed by atoms with Gasteiger partial charge < -0.3 is 4.55 Å². The number of rotatable bonds is 4. The summed E-state index contributed by atoms with van der Waals surface area (Å²) in [6, 6.07) is 36.2. The van der Waals surface area contributed by atoms with Crippen LogP contribution in [0.5, 0.6) is 0 Å². The SMILES string of the molecule is Cc1ccc(S(=O)(=O)[O-])cc1.Cc1ccc([S+](c2ccccc2)c2ccccc2)cc1. The van der Waals surface area contributed by atoms with Crippen LogP contribution in [0.15, 0.2) is 129 Å². The van der Waals surface area contributed by atoms with Crippen LogP contribution in [0.4, 0.5) is 0 Å². The van der Waals surface area contributed by atoms with Crippen LogP contribution in [0.25, 0.3) is 0 Å². The van der Waals surface area contributed by atoms with Crippen molar-refractivity contribution in [2.24, 2.45) is 0 Å². The molecule has 0 bridgehead atoms. The third-order valence-corrected chi connectivity index (χ3v) is 7.60. The summed E-state index contributed by atoms with van der Waals surface area (Å²) in [6.45, 7) is 3.95. The zero-order valence-electron chi connectivity index (χ0n) is 17.4. The Morgan fingerprint density at radius 1 is 0.548 bits per heavy atom. The van der Waals surface area contributed by atoms with E-state index in [0.717, 1.165) is 5.56 Å². The lowest BCUT2D eigenvalue weighted by molar-refractivity contribution is 0.463. The van der Waals surface area contributed by atoms with Gasteiger partial charge in [-0.15, -0.1) is 0 Å². The second-order valence-corrected chi connectivity index (χ2v) is 10.4. The Labute approximate surface area is 187 Å². The van der Waals surface area contributed by atoms with Crippen LogP contribution in [-0.4, -0.2) is 13.0 Å². The Bertz CT molecular complexity index is 1150. The zero-order chi connectivity index (χ0) is 22.3. The summed E-state index contributed by atoms with van der Waals surface area (Å²) in [7, 11) is -4.29. The summed E-state index contributed by atoms with van der Waals surface area (Å²) in [6.07, 6.45) is 0. The largest absolute Gasteiger partial charge is 0.744 e. The van der Waals surface area contributed by atoms with Crippen LogP contribution < -0.4 is 0 Å². The molecule has 0 saturated carbocycles. The van der Waals surface area contributed by atoms with Crippen LogP contribution in [0.2, 0.25) is 0 Å². The van der Waals surface area contributed by atoms with Crippen molar-refractivity contribution >= 4 is 21.0 Å². The molecule has 5 heteroatoms. The quantitative estimate of drug-likeness (QED) is 0.285. The molecular weight excluding hydrogens is 424 g/mol. The predicted octanol–water partition coefficient (Wildman–Crippen LogP) is 5.99. The minimum Gasteiger partial charge on any atom is -0.744 e. The second-order valence-electron chi connectivity index (χ2n) is 7.01. The van der Waals surface area contributed by atoms with Crippen molar-refractivity contribution in [2.45, 2.75) is 33.4 Å². The molecule has 0 aliphatic heterocycles. The molecule has 0 aromatic heterocycles. The summed E-state index contributed by atoms with van der Waals surface area (Å²) < 4.78 is 31.2. The maximum absolute atomic E-state index is 10.4. The smallest absolute Gasteiger partial charge is 0.166 e. The fourth-order valence-corrected chi connectivity index (χ4v) is 5.45. The number of hydrogen-bond acceptors (Lipinski definition) is 3. The highest BCUT2D eigenvalue weighted by Crippen LogP contribution is 2.30. The minimum absolute atomic E-state index is 0.0229. The first kappa shape index (κ1) is 22.8. The van der Waals surface area contributed by atoms with Crippen molar-refractivity contribution in [3.8, 4) is 0 Å². The molecule has 0 atom stereocenters. The highest BCUT2D eigenvalue weighted by Gasteiger charge is 2.27. The maximum atomic E-state index is 10.4. The summed E-state index contributed by atoms with van der Waals surface area (Å²) >= 11 is 0. The molecule has 0 aliphatic rings. The van der Waals surface area contributed by atoms with Gasteiger partial charge in [-0.3, -0.25) is 0 Å². The molecule has 0 fully saturated rings. The minimum atomic E-state index is -4.27. The molecule has 0 saturated heterocycles. The Morgan fingerprint density at radius 2 is 0.903 bits per heavy atom. The third-order valence-electron chi connectivity index (χ3n) is 4.52. The highest BCUT2D eigenvalue weighted by atomic mass is 32.2. The predicted molar refractivity (Wildman–Crippen MR) is 125 cm³/mol. The van der Waals surface area contributed by atoms with Crippen LogP contribution >= 0.6 is 0 Å². The molecule has 0 heterocycles. The van der Waals surface area contributed by atoms with Crippen molar-refractivity contribution in [3.63, 3.8) is 0 Å². The van der Waals surface area contributed by atoms with Gasteiger partial charge in [0.15, 0.2) is 14.7 Å². The van der Waals surface area contributed by atoms with Crippen molar-refractivity contribution in [1.29, 1.82) is 0 Å². The summed E-state index contributed by atoms with van der Waals surface area (Å²) in [4.78, 5) is 3.92. The van der Waals surface area contributed by atoms with Gasteiger partial charge in [-0.25, -0.2) is 8.42 Å². The van der Waals surface area contributed by atoms with Crippen molar-refractivity contribution in [1.82, 2.24) is 0 Å². The second kappa shape index (κ2) is 10.4. The summed E-state index contributed by atoms with van der Waals surface area (Å²) in [5.74, 6) is 0. The first-order valence-electron chi connectivity index (χ1n) is 9.78. The van der Waals surface area contributed by atoms with E-state index in [1.165, 1.54) is 32.4 Å². The molecule has 0 spiro atoms. The molecule has 0 radical (unpaired) electrons. The van der Waals surface area contributed by atoms with E-state index < -0.39 is 10.1 Å². The lowest BCUT2D eigenvalue weighted by Gasteiger charge is -2.07. The fourth-order valence-electron chi connectivity index (χ4n) is 2.90. The maximum Gasteiger partial charge on any atom is 0.166 e. The Hall–Kier alpha value is -2.86. The number of benzene rings is 4. The van der Waals surface area contributed by atoms with Gasteiger partial charge in [0.25, 0.3) is 0 Å². The molecule has 0 aliphatic carbocycles. The van der Waals surface area contributed by atoms with Gasteiger partial charge in [0.1, 0.15) is 10.1 Å². The van der Waals surface area contributed by atoms with Gasteiger partial charge in [-0.05, 0) is 62.4 Å². The highest BCUT2D eigenvalue weighted by molar-refractivity contribution is 7.97. The monoisotopic (exact) mass is 448 g/mol. The first-order chi connectivity index (χ1) is 14.8. The molecule has 3 nitrogen and oxygen atoms in total. The molecule has 31 heavy (non-hydrogen) atoms. The Balaban J connectivity index is 0.000000210. The van der Waals surface area contributed by atoms with E-state index in [4.69, 9.17) is 0 Å². The summed E-state index contributed by atoms with van der Waals surface area (Å²) in [5, 5.41) is 0. The lowest BCUT2D eigenvalue weighted by Crippen LogP contribution is -2.04. The molecule has 4 aromatic rings. The third kappa shape index (κ3) is 6.56. The molecule has 0 unspecified atom stereocenters. The number of hydrogen-bond donors (Lipinski definition) is 0. The molecule has 0 N–H and O–H groups in total. The normalized spacial score (nSPS) is 11.0. The van der Waals surface area contributed by atoms with Crippen molar-refractivity contribution in [3.05, 3.63) is 120 Å².